The first-order valence-electron chi connectivity index (χ1n) is 9.29. The molecule has 0 amide bonds. The zero-order valence-electron chi connectivity index (χ0n) is 15.7. The molecule has 2 aromatic rings. The predicted molar refractivity (Wildman–Crippen MR) is 103 cm³/mol. The fourth-order valence-corrected chi connectivity index (χ4v) is 3.29. The quantitative estimate of drug-likeness (QED) is 0.701. The molecule has 0 heterocycles. The highest BCUT2D eigenvalue weighted by atomic mass is 16.1. The van der Waals surface area contributed by atoms with Gasteiger partial charge in [-0.3, -0.25) is 9.59 Å². The van der Waals surface area contributed by atoms with E-state index in [4.69, 9.17) is 0 Å². The molecule has 2 nitrogen and oxygen atoms in total. The normalized spacial score (nSPS) is 15.4. The van der Waals surface area contributed by atoms with Crippen LogP contribution in [-0.4, -0.2) is 11.6 Å². The Morgan fingerprint density at radius 2 is 1.60 bits per heavy atom. The van der Waals surface area contributed by atoms with Gasteiger partial charge in [-0.1, -0.05) is 70.2 Å². The highest BCUT2D eigenvalue weighted by Crippen LogP contribution is 2.28. The first-order chi connectivity index (χ1) is 12.1. The summed E-state index contributed by atoms with van der Waals surface area (Å²) in [7, 11) is 0. The number of carbonyl (C=O) groups excluding carboxylic acids is 2. The van der Waals surface area contributed by atoms with Gasteiger partial charge in [0.25, 0.3) is 0 Å². The summed E-state index contributed by atoms with van der Waals surface area (Å²) in [5.74, 6) is 0.589. The van der Waals surface area contributed by atoms with Crippen molar-refractivity contribution < 1.29 is 9.59 Å². The van der Waals surface area contributed by atoms with E-state index in [1.54, 1.807) is 0 Å². The molecule has 1 aliphatic rings. The Bertz CT molecular complexity index is 731. The van der Waals surface area contributed by atoms with Crippen LogP contribution in [0.4, 0.5) is 0 Å². The first kappa shape index (κ1) is 19.1. The Morgan fingerprint density at radius 1 is 0.920 bits per heavy atom. The number of aryl methyl sites for hydroxylation is 1. The van der Waals surface area contributed by atoms with Crippen molar-refractivity contribution in [1.82, 2.24) is 0 Å². The van der Waals surface area contributed by atoms with Gasteiger partial charge in [0.1, 0.15) is 5.78 Å². The van der Waals surface area contributed by atoms with E-state index in [1.807, 2.05) is 57.2 Å². The van der Waals surface area contributed by atoms with Crippen molar-refractivity contribution in [3.05, 3.63) is 70.8 Å². The third-order valence-corrected chi connectivity index (χ3v) is 5.04. The average Bonchev–Trinajstić information content (AvgIpc) is 2.68. The van der Waals surface area contributed by atoms with Crippen molar-refractivity contribution in [1.29, 1.82) is 0 Å². The number of carbonyl (C=O) groups is 2. The second-order valence-corrected chi connectivity index (χ2v) is 6.55. The van der Waals surface area contributed by atoms with Gasteiger partial charge in [0.2, 0.25) is 0 Å². The van der Waals surface area contributed by atoms with Gasteiger partial charge in [0.15, 0.2) is 5.78 Å². The Labute approximate surface area is 151 Å². The van der Waals surface area contributed by atoms with Crippen LogP contribution in [0.2, 0.25) is 0 Å². The van der Waals surface area contributed by atoms with Crippen molar-refractivity contribution in [2.45, 2.75) is 52.9 Å². The molecule has 25 heavy (non-hydrogen) atoms. The Morgan fingerprint density at radius 3 is 2.28 bits per heavy atom. The molecule has 2 heteroatoms. The van der Waals surface area contributed by atoms with Crippen LogP contribution in [0.1, 0.15) is 67.1 Å². The van der Waals surface area contributed by atoms with Gasteiger partial charge in [-0.15, -0.1) is 0 Å². The van der Waals surface area contributed by atoms with Crippen LogP contribution in [0.3, 0.4) is 0 Å². The van der Waals surface area contributed by atoms with E-state index in [1.165, 1.54) is 5.56 Å². The van der Waals surface area contributed by atoms with Crippen molar-refractivity contribution in [2.24, 2.45) is 5.92 Å². The summed E-state index contributed by atoms with van der Waals surface area (Å²) in [5, 5.41) is 0. The molecule has 0 saturated heterocycles. The summed E-state index contributed by atoms with van der Waals surface area (Å²) < 4.78 is 0. The highest BCUT2D eigenvalue weighted by molar-refractivity contribution is 5.98. The summed E-state index contributed by atoms with van der Waals surface area (Å²) in [6.07, 6.45) is 1.87. The van der Waals surface area contributed by atoms with Crippen LogP contribution in [-0.2, 0) is 17.6 Å². The third-order valence-electron chi connectivity index (χ3n) is 5.04. The van der Waals surface area contributed by atoms with E-state index in [9.17, 15) is 9.59 Å². The Kier molecular flexibility index (Phi) is 6.69. The molecule has 1 unspecified atom stereocenters. The van der Waals surface area contributed by atoms with Crippen molar-refractivity contribution in [3.63, 3.8) is 0 Å². The van der Waals surface area contributed by atoms with Crippen molar-refractivity contribution in [3.8, 4) is 0 Å². The second kappa shape index (κ2) is 8.75. The highest BCUT2D eigenvalue weighted by Gasteiger charge is 2.24. The molecule has 0 aromatic heterocycles. The summed E-state index contributed by atoms with van der Waals surface area (Å²) in [4.78, 5) is 24.4. The van der Waals surface area contributed by atoms with E-state index in [2.05, 4.69) is 19.1 Å². The van der Waals surface area contributed by atoms with Crippen LogP contribution >= 0.6 is 0 Å². The minimum atomic E-state index is -0.0688. The Hall–Kier alpha value is -2.22. The average molecular weight is 336 g/mol. The van der Waals surface area contributed by atoms with Gasteiger partial charge >= 0.3 is 0 Å². The zero-order chi connectivity index (χ0) is 18.4. The third kappa shape index (κ3) is 4.45. The molecule has 0 N–H and O–H groups in total. The summed E-state index contributed by atoms with van der Waals surface area (Å²) in [5.41, 5.74) is 4.21. The van der Waals surface area contributed by atoms with Gasteiger partial charge in [-0.2, -0.15) is 0 Å². The van der Waals surface area contributed by atoms with Crippen LogP contribution in [0.25, 0.3) is 0 Å². The summed E-state index contributed by atoms with van der Waals surface area (Å²) in [6.45, 7) is 8.11. The van der Waals surface area contributed by atoms with Gasteiger partial charge in [-0.25, -0.2) is 0 Å². The molecule has 132 valence electrons. The van der Waals surface area contributed by atoms with Crippen LogP contribution in [0, 0.1) is 5.92 Å². The number of benzene rings is 2. The number of ketones is 2. The number of rotatable bonds is 4. The summed E-state index contributed by atoms with van der Waals surface area (Å²) >= 11 is 0. The van der Waals surface area contributed by atoms with Crippen LogP contribution < -0.4 is 0 Å². The van der Waals surface area contributed by atoms with E-state index >= 15 is 0 Å². The predicted octanol–water partition coefficient (Wildman–Crippen LogP) is 5.39. The number of fused-ring (bicyclic) bond motifs is 1. The lowest BCUT2D eigenvalue weighted by molar-refractivity contribution is -0.118. The lowest BCUT2D eigenvalue weighted by Gasteiger charge is -2.21. The van der Waals surface area contributed by atoms with E-state index in [0.717, 1.165) is 23.1 Å². The molecule has 1 aliphatic carbocycles. The number of hydrogen-bond acceptors (Lipinski definition) is 2. The van der Waals surface area contributed by atoms with Gasteiger partial charge in [0, 0.05) is 24.3 Å². The molecular weight excluding hydrogens is 308 g/mol. The Balaban J connectivity index is 0.00000109. The number of Topliss-reactive ketones (excluding diaryl/α,β-unsaturated/α-hetero) is 2. The van der Waals surface area contributed by atoms with Gasteiger partial charge in [-0.05, 0) is 35.1 Å². The maximum absolute atomic E-state index is 12.8. The van der Waals surface area contributed by atoms with Crippen LogP contribution in [0.5, 0.6) is 0 Å². The molecule has 0 spiro atoms. The second-order valence-electron chi connectivity index (χ2n) is 6.55. The molecular formula is C23H28O2. The lowest BCUT2D eigenvalue weighted by atomic mass is 9.82. The summed E-state index contributed by atoms with van der Waals surface area (Å²) in [6, 6.07) is 16.0. The number of hydrogen-bond donors (Lipinski definition) is 0. The molecule has 0 saturated carbocycles. The molecule has 2 aromatic carbocycles. The maximum atomic E-state index is 12.8. The van der Waals surface area contributed by atoms with E-state index < -0.39 is 0 Å². The lowest BCUT2D eigenvalue weighted by Crippen LogP contribution is -2.19. The molecule has 0 aliphatic heterocycles. The van der Waals surface area contributed by atoms with Crippen LogP contribution in [0.15, 0.2) is 48.5 Å². The smallest absolute Gasteiger partial charge is 0.166 e. The van der Waals surface area contributed by atoms with Crippen molar-refractivity contribution >= 4 is 11.6 Å². The maximum Gasteiger partial charge on any atom is 0.166 e. The zero-order valence-corrected chi connectivity index (χ0v) is 15.7. The van der Waals surface area contributed by atoms with Gasteiger partial charge in [0.05, 0.1) is 0 Å². The molecule has 0 radical (unpaired) electrons. The van der Waals surface area contributed by atoms with E-state index in [0.29, 0.717) is 18.6 Å². The minimum absolute atomic E-state index is 0.0688. The molecule has 3 rings (SSSR count). The topological polar surface area (TPSA) is 34.1 Å². The van der Waals surface area contributed by atoms with Crippen molar-refractivity contribution in [2.75, 3.05) is 0 Å². The largest absolute Gasteiger partial charge is 0.299 e. The molecule has 2 atom stereocenters. The fraction of sp³-hybridized carbons (Fsp3) is 0.391. The fourth-order valence-electron chi connectivity index (χ4n) is 3.29. The van der Waals surface area contributed by atoms with Gasteiger partial charge < -0.3 is 0 Å². The standard InChI is InChI=1S/C21H22O2.C2H6/c1-14(16-6-4-3-5-7-16)15(2)21(23)19-9-8-18-13-20(22)11-10-17(18)12-19;1-2/h3-9,12,14-15H,10-11,13H2,1-2H3;1-2H3/t14-,15?;/m1./s1. The monoisotopic (exact) mass is 336 g/mol. The molecule has 0 fully saturated rings. The SMILES string of the molecule is CC.CC(C(=O)c1ccc2c(c1)CCC(=O)C2)[C@@H](C)c1ccccc1. The first-order valence-corrected chi connectivity index (χ1v) is 9.29. The van der Waals surface area contributed by atoms with E-state index in [-0.39, 0.29) is 17.6 Å². The molecule has 0 bridgehead atoms. The minimum Gasteiger partial charge on any atom is -0.299 e.